The average Bonchev–Trinajstić information content (AvgIpc) is 2.58. The molecule has 0 aliphatic rings. The van der Waals surface area contributed by atoms with Crippen LogP contribution in [-0.2, 0) is 11.3 Å². The minimum atomic E-state index is -0.542. The molecule has 88 valence electrons. The first-order chi connectivity index (χ1) is 7.45. The molecular formula is C10H15N3O3. The molecule has 1 unspecified atom stereocenters. The van der Waals surface area contributed by atoms with Gasteiger partial charge < -0.3 is 10.1 Å². The molecule has 0 saturated heterocycles. The third-order valence-electron chi connectivity index (χ3n) is 2.57. The molecule has 0 saturated carbocycles. The summed E-state index contributed by atoms with van der Waals surface area (Å²) in [6.45, 7) is 5.48. The largest absolute Gasteiger partial charge is 0.392 e. The maximum absolute atomic E-state index is 11.6. The molecule has 1 heterocycles. The van der Waals surface area contributed by atoms with Crippen LogP contribution in [0.2, 0.25) is 0 Å². The number of hydrogen-bond acceptors (Lipinski definition) is 4. The van der Waals surface area contributed by atoms with Crippen molar-refractivity contribution in [1.82, 2.24) is 9.78 Å². The molecule has 1 rings (SSSR count). The van der Waals surface area contributed by atoms with E-state index in [0.29, 0.717) is 5.56 Å². The van der Waals surface area contributed by atoms with Crippen LogP contribution in [0.3, 0.4) is 0 Å². The number of hydrogen-bond donors (Lipinski definition) is 0. The van der Waals surface area contributed by atoms with Crippen LogP contribution in [0.5, 0.6) is 0 Å². The molecule has 6 heteroatoms. The van der Waals surface area contributed by atoms with Gasteiger partial charge in [-0.15, -0.1) is 0 Å². The maximum atomic E-state index is 11.6. The van der Waals surface area contributed by atoms with E-state index in [0.717, 1.165) is 6.42 Å². The van der Waals surface area contributed by atoms with Gasteiger partial charge in [-0.25, -0.2) is 0 Å². The fourth-order valence-electron chi connectivity index (χ4n) is 1.32. The minimum absolute atomic E-state index is 0.0384. The summed E-state index contributed by atoms with van der Waals surface area (Å²) in [6, 6.07) is 0. The van der Waals surface area contributed by atoms with Crippen LogP contribution >= 0.6 is 0 Å². The van der Waals surface area contributed by atoms with Crippen molar-refractivity contribution in [2.24, 2.45) is 5.92 Å². The zero-order chi connectivity index (χ0) is 12.3. The van der Waals surface area contributed by atoms with E-state index < -0.39 is 4.92 Å². The molecule has 1 atom stereocenters. The number of carbonyl (C=O) groups excluding carboxylic acids is 1. The third-order valence-corrected chi connectivity index (χ3v) is 2.57. The lowest BCUT2D eigenvalue weighted by Gasteiger charge is -2.04. The summed E-state index contributed by atoms with van der Waals surface area (Å²) in [5.41, 5.74) is 0.474. The Morgan fingerprint density at radius 3 is 2.75 bits per heavy atom. The molecule has 0 aromatic carbocycles. The number of Topliss-reactive ketones (excluding diaryl/α,β-unsaturated/α-hetero) is 1. The standard InChI is InChI=1S/C10H15N3O3/c1-4-7(2)9(14)6-12-5-8(3)10(11-12)13(15)16/h5,7H,4,6H2,1-3H3. The molecule has 0 amide bonds. The lowest BCUT2D eigenvalue weighted by Crippen LogP contribution is -2.17. The first-order valence-corrected chi connectivity index (χ1v) is 5.16. The maximum Gasteiger partial charge on any atom is 0.392 e. The highest BCUT2D eigenvalue weighted by Gasteiger charge is 2.20. The molecule has 0 spiro atoms. The van der Waals surface area contributed by atoms with E-state index in [2.05, 4.69) is 5.10 Å². The molecule has 1 aromatic rings. The molecule has 1 aromatic heterocycles. The van der Waals surface area contributed by atoms with E-state index in [9.17, 15) is 14.9 Å². The molecule has 0 bridgehead atoms. The van der Waals surface area contributed by atoms with Crippen LogP contribution in [0.1, 0.15) is 25.8 Å². The summed E-state index contributed by atoms with van der Waals surface area (Å²) in [7, 11) is 0. The number of nitrogens with zero attached hydrogens (tertiary/aromatic N) is 3. The minimum Gasteiger partial charge on any atom is -0.358 e. The van der Waals surface area contributed by atoms with Gasteiger partial charge in [0.15, 0.2) is 5.78 Å². The Labute approximate surface area is 93.4 Å². The zero-order valence-electron chi connectivity index (χ0n) is 9.64. The number of ketones is 1. The van der Waals surface area contributed by atoms with Crippen molar-refractivity contribution < 1.29 is 9.72 Å². The Hall–Kier alpha value is -1.72. The second-order valence-corrected chi connectivity index (χ2v) is 3.87. The summed E-state index contributed by atoms with van der Waals surface area (Å²) in [5.74, 6) is -0.180. The smallest absolute Gasteiger partial charge is 0.358 e. The molecular weight excluding hydrogens is 210 g/mol. The van der Waals surface area contributed by atoms with Crippen molar-refractivity contribution >= 4 is 11.6 Å². The van der Waals surface area contributed by atoms with Crippen molar-refractivity contribution in [3.05, 3.63) is 21.9 Å². The highest BCUT2D eigenvalue weighted by molar-refractivity contribution is 5.80. The van der Waals surface area contributed by atoms with Crippen molar-refractivity contribution in [3.63, 3.8) is 0 Å². The third kappa shape index (κ3) is 2.65. The molecule has 16 heavy (non-hydrogen) atoms. The molecule has 0 radical (unpaired) electrons. The predicted molar refractivity (Wildman–Crippen MR) is 58.1 cm³/mol. The summed E-state index contributed by atoms with van der Waals surface area (Å²) >= 11 is 0. The van der Waals surface area contributed by atoms with Crippen LogP contribution in [0.25, 0.3) is 0 Å². The second-order valence-electron chi connectivity index (χ2n) is 3.87. The van der Waals surface area contributed by atoms with Crippen molar-refractivity contribution in [3.8, 4) is 0 Å². The predicted octanol–water partition coefficient (Wildman–Crippen LogP) is 1.71. The van der Waals surface area contributed by atoms with E-state index in [4.69, 9.17) is 0 Å². The Kier molecular flexibility index (Phi) is 3.76. The Bertz CT molecular complexity index is 411. The Morgan fingerprint density at radius 1 is 1.69 bits per heavy atom. The fraction of sp³-hybridized carbons (Fsp3) is 0.600. The molecule has 6 nitrogen and oxygen atoms in total. The quantitative estimate of drug-likeness (QED) is 0.564. The van der Waals surface area contributed by atoms with Gasteiger partial charge in [0.2, 0.25) is 0 Å². The van der Waals surface area contributed by atoms with E-state index >= 15 is 0 Å². The van der Waals surface area contributed by atoms with Gasteiger partial charge in [0, 0.05) is 5.92 Å². The molecule has 0 N–H and O–H groups in total. The fourth-order valence-corrected chi connectivity index (χ4v) is 1.32. The lowest BCUT2D eigenvalue weighted by molar-refractivity contribution is -0.390. The van der Waals surface area contributed by atoms with Crippen LogP contribution in [0.15, 0.2) is 6.20 Å². The number of rotatable bonds is 5. The molecule has 0 aliphatic heterocycles. The van der Waals surface area contributed by atoms with Crippen LogP contribution in [0, 0.1) is 23.0 Å². The number of aromatic nitrogens is 2. The number of aryl methyl sites for hydroxylation is 1. The highest BCUT2D eigenvalue weighted by Crippen LogP contribution is 2.14. The summed E-state index contributed by atoms with van der Waals surface area (Å²) in [4.78, 5) is 21.6. The van der Waals surface area contributed by atoms with Crippen molar-refractivity contribution in [2.75, 3.05) is 0 Å². The van der Waals surface area contributed by atoms with Gasteiger partial charge in [0.05, 0.1) is 16.9 Å². The van der Waals surface area contributed by atoms with Gasteiger partial charge >= 0.3 is 5.82 Å². The lowest BCUT2D eigenvalue weighted by atomic mass is 10.0. The van der Waals surface area contributed by atoms with Gasteiger partial charge in [0.1, 0.15) is 6.54 Å². The Morgan fingerprint density at radius 2 is 2.31 bits per heavy atom. The van der Waals surface area contributed by atoms with Crippen LogP contribution in [0.4, 0.5) is 5.82 Å². The highest BCUT2D eigenvalue weighted by atomic mass is 16.6. The summed E-state index contributed by atoms with van der Waals surface area (Å²) < 4.78 is 1.34. The van der Waals surface area contributed by atoms with Gasteiger partial charge in [-0.05, 0) is 18.3 Å². The summed E-state index contributed by atoms with van der Waals surface area (Å²) in [5, 5.41) is 14.3. The van der Waals surface area contributed by atoms with Gasteiger partial charge in [-0.2, -0.15) is 4.68 Å². The number of nitro groups is 1. The molecule has 0 fully saturated rings. The number of carbonyl (C=O) groups is 1. The van der Waals surface area contributed by atoms with Gasteiger partial charge in [0.25, 0.3) is 0 Å². The van der Waals surface area contributed by atoms with Gasteiger partial charge in [-0.1, -0.05) is 13.8 Å². The average molecular weight is 225 g/mol. The second kappa shape index (κ2) is 4.87. The first kappa shape index (κ1) is 12.4. The topological polar surface area (TPSA) is 78.0 Å². The monoisotopic (exact) mass is 225 g/mol. The van der Waals surface area contributed by atoms with Crippen LogP contribution in [-0.4, -0.2) is 20.5 Å². The normalized spacial score (nSPS) is 12.4. The van der Waals surface area contributed by atoms with E-state index in [1.165, 1.54) is 10.9 Å². The van der Waals surface area contributed by atoms with E-state index in [1.54, 1.807) is 6.92 Å². The van der Waals surface area contributed by atoms with Crippen LogP contribution < -0.4 is 0 Å². The Balaban J connectivity index is 2.79. The zero-order valence-corrected chi connectivity index (χ0v) is 9.64. The van der Waals surface area contributed by atoms with Crippen molar-refractivity contribution in [1.29, 1.82) is 0 Å². The molecule has 0 aliphatic carbocycles. The SMILES string of the molecule is CCC(C)C(=O)Cn1cc(C)c([N+](=O)[O-])n1. The van der Waals surface area contributed by atoms with Crippen molar-refractivity contribution in [2.45, 2.75) is 33.7 Å². The summed E-state index contributed by atoms with van der Waals surface area (Å²) in [6.07, 6.45) is 2.29. The van der Waals surface area contributed by atoms with E-state index in [1.807, 2.05) is 13.8 Å². The first-order valence-electron chi connectivity index (χ1n) is 5.16. The van der Waals surface area contributed by atoms with E-state index in [-0.39, 0.29) is 24.1 Å². The van der Waals surface area contributed by atoms with Gasteiger partial charge in [-0.3, -0.25) is 4.79 Å².